The molecule has 0 saturated carbocycles. The van der Waals surface area contributed by atoms with Crippen molar-refractivity contribution in [1.82, 2.24) is 19.9 Å². The number of methoxy groups -OCH3 is 1. The Labute approximate surface area is 195 Å². The predicted octanol–water partition coefficient (Wildman–Crippen LogP) is 4.50. The van der Waals surface area contributed by atoms with Gasteiger partial charge in [0.15, 0.2) is 29.4 Å². The molecule has 172 valence electrons. The summed E-state index contributed by atoms with van der Waals surface area (Å²) in [5.41, 5.74) is 2.83. The van der Waals surface area contributed by atoms with E-state index in [1.165, 1.54) is 6.07 Å². The average Bonchev–Trinajstić information content (AvgIpc) is 2.89. The SMILES string of the molecule is COC1c2cnc(-c3ncccn3)nc2CCN1c1cc(F)c(F)c(OCc2ccccc2)c1. The topological polar surface area (TPSA) is 73.3 Å². The molecule has 0 saturated heterocycles. The third-order valence-corrected chi connectivity index (χ3v) is 5.58. The van der Waals surface area contributed by atoms with Gasteiger partial charge in [-0.2, -0.15) is 4.39 Å². The maximum Gasteiger partial charge on any atom is 0.200 e. The van der Waals surface area contributed by atoms with Gasteiger partial charge in [-0.15, -0.1) is 0 Å². The third kappa shape index (κ3) is 4.29. The molecule has 0 fully saturated rings. The van der Waals surface area contributed by atoms with Crippen LogP contribution in [0.4, 0.5) is 14.5 Å². The summed E-state index contributed by atoms with van der Waals surface area (Å²) in [6.45, 7) is 0.593. The Bertz CT molecular complexity index is 1290. The van der Waals surface area contributed by atoms with E-state index in [1.54, 1.807) is 31.8 Å². The van der Waals surface area contributed by atoms with Gasteiger partial charge in [-0.05, 0) is 11.6 Å². The lowest BCUT2D eigenvalue weighted by atomic mass is 10.0. The summed E-state index contributed by atoms with van der Waals surface area (Å²) in [4.78, 5) is 19.3. The largest absolute Gasteiger partial charge is 0.486 e. The minimum Gasteiger partial charge on any atom is -0.486 e. The van der Waals surface area contributed by atoms with Crippen LogP contribution in [-0.4, -0.2) is 33.6 Å². The van der Waals surface area contributed by atoms with Gasteiger partial charge in [0.1, 0.15) is 6.61 Å². The van der Waals surface area contributed by atoms with Gasteiger partial charge < -0.3 is 14.4 Å². The van der Waals surface area contributed by atoms with E-state index in [4.69, 9.17) is 9.47 Å². The van der Waals surface area contributed by atoms with E-state index in [2.05, 4.69) is 19.9 Å². The number of anilines is 1. The van der Waals surface area contributed by atoms with Crippen molar-refractivity contribution in [3.8, 4) is 17.4 Å². The molecule has 2 aromatic carbocycles. The Morgan fingerprint density at radius 3 is 2.56 bits per heavy atom. The third-order valence-electron chi connectivity index (χ3n) is 5.58. The summed E-state index contributed by atoms with van der Waals surface area (Å²) in [6.07, 6.45) is 4.90. The maximum atomic E-state index is 14.5. The molecule has 2 aromatic heterocycles. The minimum atomic E-state index is -1.03. The highest BCUT2D eigenvalue weighted by Crippen LogP contribution is 2.37. The molecule has 5 rings (SSSR count). The lowest BCUT2D eigenvalue weighted by Gasteiger charge is -2.37. The Morgan fingerprint density at radius 2 is 1.79 bits per heavy atom. The molecule has 1 unspecified atom stereocenters. The summed E-state index contributed by atoms with van der Waals surface area (Å²) in [5.74, 6) is -1.32. The zero-order valence-corrected chi connectivity index (χ0v) is 18.4. The summed E-state index contributed by atoms with van der Waals surface area (Å²) in [6, 6.07) is 13.7. The molecule has 1 aliphatic rings. The van der Waals surface area contributed by atoms with E-state index in [9.17, 15) is 8.78 Å². The fraction of sp³-hybridized carbons (Fsp3) is 0.200. The Morgan fingerprint density at radius 1 is 1.00 bits per heavy atom. The number of hydrogen-bond donors (Lipinski definition) is 0. The molecule has 9 heteroatoms. The first-order valence-corrected chi connectivity index (χ1v) is 10.7. The first-order chi connectivity index (χ1) is 16.6. The van der Waals surface area contributed by atoms with Gasteiger partial charge in [0.2, 0.25) is 5.82 Å². The number of halogens is 2. The molecule has 0 aliphatic carbocycles. The second kappa shape index (κ2) is 9.48. The van der Waals surface area contributed by atoms with Crippen molar-refractivity contribution >= 4 is 5.69 Å². The molecule has 3 heterocycles. The quantitative estimate of drug-likeness (QED) is 0.419. The predicted molar refractivity (Wildman–Crippen MR) is 121 cm³/mol. The molecule has 1 aliphatic heterocycles. The van der Waals surface area contributed by atoms with Crippen LogP contribution in [-0.2, 0) is 17.8 Å². The Hall–Kier alpha value is -3.98. The maximum absolute atomic E-state index is 14.5. The van der Waals surface area contributed by atoms with Crippen molar-refractivity contribution < 1.29 is 18.3 Å². The lowest BCUT2D eigenvalue weighted by molar-refractivity contribution is 0.0932. The fourth-order valence-electron chi connectivity index (χ4n) is 3.94. The van der Waals surface area contributed by atoms with E-state index in [-0.39, 0.29) is 12.4 Å². The highest BCUT2D eigenvalue weighted by molar-refractivity contribution is 5.55. The zero-order valence-electron chi connectivity index (χ0n) is 18.4. The van der Waals surface area contributed by atoms with Crippen LogP contribution in [0.5, 0.6) is 5.75 Å². The van der Waals surface area contributed by atoms with Crippen LogP contribution in [0.3, 0.4) is 0 Å². The normalized spacial score (nSPS) is 15.1. The molecule has 0 spiro atoms. The Balaban J connectivity index is 1.43. The van der Waals surface area contributed by atoms with Crippen molar-refractivity contribution in [2.45, 2.75) is 19.3 Å². The number of hydrogen-bond acceptors (Lipinski definition) is 7. The molecular weight excluding hydrogens is 440 g/mol. The van der Waals surface area contributed by atoms with Gasteiger partial charge in [-0.25, -0.2) is 24.3 Å². The molecule has 34 heavy (non-hydrogen) atoms. The first-order valence-electron chi connectivity index (χ1n) is 10.7. The molecule has 0 bridgehead atoms. The summed E-state index contributed by atoms with van der Waals surface area (Å²) < 4.78 is 40.4. The van der Waals surface area contributed by atoms with E-state index in [0.29, 0.717) is 30.3 Å². The molecule has 4 aromatic rings. The zero-order chi connectivity index (χ0) is 23.5. The van der Waals surface area contributed by atoms with Crippen LogP contribution in [0.2, 0.25) is 0 Å². The number of aromatic nitrogens is 4. The molecule has 0 N–H and O–H groups in total. The first kappa shape index (κ1) is 21.8. The number of benzene rings is 2. The number of ether oxygens (including phenoxy) is 2. The van der Waals surface area contributed by atoms with Crippen molar-refractivity contribution in [1.29, 1.82) is 0 Å². The number of nitrogens with zero attached hydrogens (tertiary/aromatic N) is 5. The van der Waals surface area contributed by atoms with Crippen LogP contribution < -0.4 is 9.64 Å². The van der Waals surface area contributed by atoms with E-state index >= 15 is 0 Å². The minimum absolute atomic E-state index is 0.120. The number of rotatable bonds is 6. The van der Waals surface area contributed by atoms with Gasteiger partial charge >= 0.3 is 0 Å². The number of fused-ring (bicyclic) bond motifs is 1. The standard InChI is InChI=1S/C25H21F2N5O2/c1-33-25-18-14-30-24(23-28-9-5-10-29-23)31-20(18)8-11-32(25)17-12-19(26)22(27)21(13-17)34-15-16-6-3-2-4-7-16/h2-7,9-10,12-14,25H,8,11,15H2,1H3. The molecule has 7 nitrogen and oxygen atoms in total. The van der Waals surface area contributed by atoms with Crippen LogP contribution in [0.25, 0.3) is 11.6 Å². The van der Waals surface area contributed by atoms with Crippen molar-refractivity contribution in [2.75, 3.05) is 18.6 Å². The van der Waals surface area contributed by atoms with Gasteiger partial charge in [-0.3, -0.25) is 0 Å². The van der Waals surface area contributed by atoms with Crippen LogP contribution >= 0.6 is 0 Å². The highest BCUT2D eigenvalue weighted by atomic mass is 19.2. The van der Waals surface area contributed by atoms with E-state index in [1.807, 2.05) is 35.2 Å². The van der Waals surface area contributed by atoms with Crippen LogP contribution in [0, 0.1) is 11.6 Å². The fourth-order valence-corrected chi connectivity index (χ4v) is 3.94. The second-order valence-electron chi connectivity index (χ2n) is 7.71. The Kier molecular flexibility index (Phi) is 6.09. The second-order valence-corrected chi connectivity index (χ2v) is 7.71. The smallest absolute Gasteiger partial charge is 0.200 e. The average molecular weight is 461 g/mol. The van der Waals surface area contributed by atoms with Crippen molar-refractivity contribution in [3.63, 3.8) is 0 Å². The highest BCUT2D eigenvalue weighted by Gasteiger charge is 2.31. The van der Waals surface area contributed by atoms with Gasteiger partial charge in [0, 0.05) is 62.0 Å². The summed E-state index contributed by atoms with van der Waals surface area (Å²) in [7, 11) is 1.55. The molecule has 1 atom stereocenters. The monoisotopic (exact) mass is 461 g/mol. The van der Waals surface area contributed by atoms with E-state index in [0.717, 1.165) is 22.9 Å². The van der Waals surface area contributed by atoms with Crippen LogP contribution in [0.15, 0.2) is 67.1 Å². The summed E-state index contributed by atoms with van der Waals surface area (Å²) >= 11 is 0. The van der Waals surface area contributed by atoms with Crippen LogP contribution in [0.1, 0.15) is 23.0 Å². The van der Waals surface area contributed by atoms with Gasteiger partial charge in [0.05, 0.1) is 5.69 Å². The van der Waals surface area contributed by atoms with Gasteiger partial charge in [-0.1, -0.05) is 30.3 Å². The van der Waals surface area contributed by atoms with E-state index < -0.39 is 17.9 Å². The molecular formula is C25H21F2N5O2. The molecule has 0 radical (unpaired) electrons. The summed E-state index contributed by atoms with van der Waals surface area (Å²) in [5, 5.41) is 0. The van der Waals surface area contributed by atoms with Gasteiger partial charge in [0.25, 0.3) is 0 Å². The van der Waals surface area contributed by atoms with Crippen molar-refractivity contribution in [2.24, 2.45) is 0 Å². The lowest BCUT2D eigenvalue weighted by Crippen LogP contribution is -2.37. The van der Waals surface area contributed by atoms with Crippen molar-refractivity contribution in [3.05, 3.63) is 95.6 Å². The molecule has 0 amide bonds.